The summed E-state index contributed by atoms with van der Waals surface area (Å²) in [6.45, 7) is 0. The minimum absolute atomic E-state index is 0.185. The number of carbonyl (C=O) groups is 2. The van der Waals surface area contributed by atoms with Crippen molar-refractivity contribution in [3.05, 3.63) is 59.7 Å². The summed E-state index contributed by atoms with van der Waals surface area (Å²) in [4.78, 5) is 23.5. The van der Waals surface area contributed by atoms with Crippen LogP contribution in [0.2, 0.25) is 0 Å². The molecule has 2 rings (SSSR count). The van der Waals surface area contributed by atoms with E-state index in [0.29, 0.717) is 17.1 Å². The third-order valence-electron chi connectivity index (χ3n) is 3.73. The molecule has 6 nitrogen and oxygen atoms in total. The predicted octanol–water partition coefficient (Wildman–Crippen LogP) is 2.58. The molecule has 0 spiro atoms. The fraction of sp³-hybridized carbons (Fsp3) is 0.263. The lowest BCUT2D eigenvalue weighted by Crippen LogP contribution is -2.31. The summed E-state index contributed by atoms with van der Waals surface area (Å²) in [7, 11) is 3.02. The number of carboxylic acid groups (broad SMARTS) is 1. The Kier molecular flexibility index (Phi) is 6.39. The molecule has 0 aromatic heterocycles. The molecule has 2 aromatic rings. The largest absolute Gasteiger partial charge is 0.493 e. The lowest BCUT2D eigenvalue weighted by molar-refractivity contribution is -0.137. The van der Waals surface area contributed by atoms with E-state index in [2.05, 4.69) is 5.32 Å². The zero-order chi connectivity index (χ0) is 18.2. The summed E-state index contributed by atoms with van der Waals surface area (Å²) >= 11 is 0. The number of methoxy groups -OCH3 is 2. The van der Waals surface area contributed by atoms with Crippen molar-refractivity contribution in [1.82, 2.24) is 5.32 Å². The average Bonchev–Trinajstić information content (AvgIpc) is 2.61. The highest BCUT2D eigenvalue weighted by molar-refractivity contribution is 5.80. The van der Waals surface area contributed by atoms with Crippen LogP contribution in [0.4, 0.5) is 0 Å². The normalized spacial score (nSPS) is 11.4. The number of hydrogen-bond donors (Lipinski definition) is 2. The number of benzene rings is 2. The molecule has 0 unspecified atom stereocenters. The molecule has 2 aromatic carbocycles. The van der Waals surface area contributed by atoms with Crippen LogP contribution in [0.5, 0.6) is 11.5 Å². The standard InChI is InChI=1S/C19H21NO5/c1-24-16-9-8-14(11-17(16)25-2)15(12-19(22)23)20-18(21)10-13-6-4-3-5-7-13/h3-9,11,15H,10,12H2,1-2H3,(H,20,21)(H,22,23)/t15-/m1/s1. The maximum Gasteiger partial charge on any atom is 0.305 e. The Balaban J connectivity index is 2.18. The van der Waals surface area contributed by atoms with E-state index in [0.717, 1.165) is 5.56 Å². The van der Waals surface area contributed by atoms with Crippen molar-refractivity contribution in [3.63, 3.8) is 0 Å². The number of aliphatic carboxylic acids is 1. The summed E-state index contributed by atoms with van der Waals surface area (Å²) in [5, 5.41) is 12.0. The second-order valence-corrected chi connectivity index (χ2v) is 5.49. The van der Waals surface area contributed by atoms with Crippen LogP contribution in [-0.4, -0.2) is 31.2 Å². The quantitative estimate of drug-likeness (QED) is 0.769. The van der Waals surface area contributed by atoms with E-state index in [1.165, 1.54) is 14.2 Å². The minimum atomic E-state index is -1.00. The Hall–Kier alpha value is -3.02. The Bertz CT molecular complexity index is 730. The number of rotatable bonds is 8. The maximum atomic E-state index is 12.3. The van der Waals surface area contributed by atoms with Gasteiger partial charge in [0.05, 0.1) is 33.1 Å². The van der Waals surface area contributed by atoms with E-state index < -0.39 is 12.0 Å². The van der Waals surface area contributed by atoms with E-state index in [9.17, 15) is 9.59 Å². The van der Waals surface area contributed by atoms with Crippen LogP contribution in [0.15, 0.2) is 48.5 Å². The number of ether oxygens (including phenoxy) is 2. The Morgan fingerprint density at radius 1 is 1.04 bits per heavy atom. The van der Waals surface area contributed by atoms with Gasteiger partial charge < -0.3 is 19.9 Å². The van der Waals surface area contributed by atoms with Gasteiger partial charge in [0.2, 0.25) is 5.91 Å². The number of carboxylic acids is 1. The van der Waals surface area contributed by atoms with Crippen LogP contribution in [0, 0.1) is 0 Å². The molecule has 0 saturated heterocycles. The number of hydrogen-bond acceptors (Lipinski definition) is 4. The molecule has 6 heteroatoms. The zero-order valence-electron chi connectivity index (χ0n) is 14.2. The molecule has 0 bridgehead atoms. The first-order valence-electron chi connectivity index (χ1n) is 7.80. The second kappa shape index (κ2) is 8.73. The third kappa shape index (κ3) is 5.24. The lowest BCUT2D eigenvalue weighted by atomic mass is 10.0. The molecule has 1 atom stereocenters. The van der Waals surface area contributed by atoms with Gasteiger partial charge in [-0.2, -0.15) is 0 Å². The summed E-state index contributed by atoms with van der Waals surface area (Å²) in [6.07, 6.45) is -0.0414. The SMILES string of the molecule is COc1ccc([C@@H](CC(=O)O)NC(=O)Cc2ccccc2)cc1OC. The van der Waals surface area contributed by atoms with Crippen molar-refractivity contribution >= 4 is 11.9 Å². The van der Waals surface area contributed by atoms with Crippen molar-refractivity contribution in [2.24, 2.45) is 0 Å². The highest BCUT2D eigenvalue weighted by Crippen LogP contribution is 2.31. The fourth-order valence-electron chi connectivity index (χ4n) is 2.52. The van der Waals surface area contributed by atoms with Crippen molar-refractivity contribution in [2.45, 2.75) is 18.9 Å². The lowest BCUT2D eigenvalue weighted by Gasteiger charge is -2.19. The van der Waals surface area contributed by atoms with E-state index in [1.807, 2.05) is 30.3 Å². The Morgan fingerprint density at radius 2 is 1.72 bits per heavy atom. The third-order valence-corrected chi connectivity index (χ3v) is 3.73. The van der Waals surface area contributed by atoms with Crippen molar-refractivity contribution in [1.29, 1.82) is 0 Å². The topological polar surface area (TPSA) is 84.9 Å². The van der Waals surface area contributed by atoms with Gasteiger partial charge in [0, 0.05) is 0 Å². The summed E-state index contributed by atoms with van der Waals surface area (Å²) in [5.74, 6) is -0.226. The molecule has 0 aliphatic heterocycles. The summed E-state index contributed by atoms with van der Waals surface area (Å²) < 4.78 is 10.4. The molecule has 132 valence electrons. The van der Waals surface area contributed by atoms with Gasteiger partial charge in [0.1, 0.15) is 0 Å². The van der Waals surface area contributed by atoms with Crippen LogP contribution in [0.1, 0.15) is 23.6 Å². The van der Waals surface area contributed by atoms with E-state index >= 15 is 0 Å². The average molecular weight is 343 g/mol. The van der Waals surface area contributed by atoms with Crippen molar-refractivity contribution in [2.75, 3.05) is 14.2 Å². The van der Waals surface area contributed by atoms with Crippen LogP contribution in [0.25, 0.3) is 0 Å². The van der Waals surface area contributed by atoms with Gasteiger partial charge in [0.25, 0.3) is 0 Å². The molecule has 25 heavy (non-hydrogen) atoms. The zero-order valence-corrected chi connectivity index (χ0v) is 14.2. The molecular weight excluding hydrogens is 322 g/mol. The van der Waals surface area contributed by atoms with Gasteiger partial charge in [-0.1, -0.05) is 36.4 Å². The molecule has 0 radical (unpaired) electrons. The van der Waals surface area contributed by atoms with Crippen molar-refractivity contribution < 1.29 is 24.2 Å². The summed E-state index contributed by atoms with van der Waals surface area (Å²) in [5.41, 5.74) is 1.50. The molecule has 0 heterocycles. The van der Waals surface area contributed by atoms with Crippen molar-refractivity contribution in [3.8, 4) is 11.5 Å². The molecule has 0 aliphatic carbocycles. The van der Waals surface area contributed by atoms with Crippen LogP contribution in [-0.2, 0) is 16.0 Å². The number of amides is 1. The molecule has 0 saturated carbocycles. The minimum Gasteiger partial charge on any atom is -0.493 e. The molecule has 0 aliphatic rings. The van der Waals surface area contributed by atoms with Gasteiger partial charge in [0.15, 0.2) is 11.5 Å². The highest BCUT2D eigenvalue weighted by Gasteiger charge is 2.20. The van der Waals surface area contributed by atoms with Crippen LogP contribution < -0.4 is 14.8 Å². The first-order chi connectivity index (χ1) is 12.0. The van der Waals surface area contributed by atoms with E-state index in [4.69, 9.17) is 14.6 Å². The van der Waals surface area contributed by atoms with E-state index in [-0.39, 0.29) is 18.7 Å². The molecule has 0 fully saturated rings. The van der Waals surface area contributed by atoms with Gasteiger partial charge in [-0.15, -0.1) is 0 Å². The monoisotopic (exact) mass is 343 g/mol. The smallest absolute Gasteiger partial charge is 0.305 e. The number of carbonyl (C=O) groups excluding carboxylic acids is 1. The highest BCUT2D eigenvalue weighted by atomic mass is 16.5. The van der Waals surface area contributed by atoms with Gasteiger partial charge >= 0.3 is 5.97 Å². The Morgan fingerprint density at radius 3 is 2.32 bits per heavy atom. The van der Waals surface area contributed by atoms with Gasteiger partial charge in [-0.25, -0.2) is 0 Å². The first-order valence-corrected chi connectivity index (χ1v) is 7.80. The fourth-order valence-corrected chi connectivity index (χ4v) is 2.52. The second-order valence-electron chi connectivity index (χ2n) is 5.49. The molecular formula is C19H21NO5. The van der Waals surface area contributed by atoms with Crippen LogP contribution in [0.3, 0.4) is 0 Å². The molecule has 1 amide bonds. The maximum absolute atomic E-state index is 12.3. The number of nitrogens with one attached hydrogen (secondary N) is 1. The molecule has 2 N–H and O–H groups in total. The summed E-state index contributed by atoms with van der Waals surface area (Å²) in [6, 6.07) is 13.7. The first kappa shape index (κ1) is 18.3. The Labute approximate surface area is 146 Å². The predicted molar refractivity (Wildman–Crippen MR) is 92.8 cm³/mol. The van der Waals surface area contributed by atoms with Gasteiger partial charge in [-0.3, -0.25) is 9.59 Å². The van der Waals surface area contributed by atoms with E-state index in [1.54, 1.807) is 18.2 Å². The van der Waals surface area contributed by atoms with Gasteiger partial charge in [-0.05, 0) is 23.3 Å². The van der Waals surface area contributed by atoms with Crippen LogP contribution >= 0.6 is 0 Å².